The molecule has 0 amide bonds. The van der Waals surface area contributed by atoms with Crippen LogP contribution in [0.3, 0.4) is 0 Å². The van der Waals surface area contributed by atoms with Gasteiger partial charge in [-0.3, -0.25) is 4.55 Å². The van der Waals surface area contributed by atoms with Crippen molar-refractivity contribution in [1.82, 2.24) is 0 Å². The van der Waals surface area contributed by atoms with E-state index in [4.69, 9.17) is 15.0 Å². The second-order valence-corrected chi connectivity index (χ2v) is 6.17. The summed E-state index contributed by atoms with van der Waals surface area (Å²) >= 11 is 0. The zero-order valence-corrected chi connectivity index (χ0v) is 12.1. The van der Waals surface area contributed by atoms with E-state index in [-0.39, 0.29) is 4.90 Å². The van der Waals surface area contributed by atoms with Gasteiger partial charge in [-0.2, -0.15) is 8.42 Å². The van der Waals surface area contributed by atoms with Crippen LogP contribution in [0, 0.1) is 12.8 Å². The molecule has 3 N–H and O–H groups in total. The molecule has 0 saturated heterocycles. The van der Waals surface area contributed by atoms with Crippen molar-refractivity contribution in [3.63, 3.8) is 0 Å². The van der Waals surface area contributed by atoms with Crippen LogP contribution in [0.25, 0.3) is 0 Å². The lowest BCUT2D eigenvalue weighted by molar-refractivity contribution is 0.173. The van der Waals surface area contributed by atoms with Crippen molar-refractivity contribution in [2.24, 2.45) is 11.7 Å². The van der Waals surface area contributed by atoms with Crippen molar-refractivity contribution in [3.8, 4) is 0 Å². The third kappa shape index (κ3) is 6.15. The van der Waals surface area contributed by atoms with E-state index in [9.17, 15) is 8.42 Å². The molecule has 0 aromatic heterocycles. The zero-order valence-electron chi connectivity index (χ0n) is 11.2. The van der Waals surface area contributed by atoms with Crippen LogP contribution in [0.1, 0.15) is 18.4 Å². The molecule has 5 nitrogen and oxygen atoms in total. The summed E-state index contributed by atoms with van der Waals surface area (Å²) in [6, 6.07) is 6.29. The van der Waals surface area contributed by atoms with Gasteiger partial charge in [-0.1, -0.05) is 17.7 Å². The molecule has 1 fully saturated rings. The van der Waals surface area contributed by atoms with E-state index in [0.717, 1.165) is 18.1 Å². The topological polar surface area (TPSA) is 89.6 Å². The molecule has 0 aliphatic heterocycles. The molecule has 0 heterocycles. The van der Waals surface area contributed by atoms with Gasteiger partial charge in [0.05, 0.1) is 11.5 Å². The lowest BCUT2D eigenvalue weighted by Crippen LogP contribution is -2.27. The van der Waals surface area contributed by atoms with Crippen LogP contribution in [0.2, 0.25) is 0 Å². The van der Waals surface area contributed by atoms with E-state index >= 15 is 0 Å². The van der Waals surface area contributed by atoms with E-state index in [2.05, 4.69) is 0 Å². The standard InChI is InChI=1S/C7H8O3S.C6H13NO/c1-6-2-4-7(5-3-6)11(8,9)10;1-8-4-6(7)5-2-3-5/h2-5H,1H3,(H,8,9,10);5-6H,2-4,7H2,1H3. The molecule has 1 atom stereocenters. The third-order valence-electron chi connectivity index (χ3n) is 2.91. The van der Waals surface area contributed by atoms with Crippen LogP contribution in [-0.4, -0.2) is 32.7 Å². The highest BCUT2D eigenvalue weighted by Gasteiger charge is 2.27. The molecule has 108 valence electrons. The lowest BCUT2D eigenvalue weighted by atomic mass is 10.2. The number of hydrogen-bond donors (Lipinski definition) is 2. The molecule has 6 heteroatoms. The fraction of sp³-hybridized carbons (Fsp3) is 0.538. The van der Waals surface area contributed by atoms with E-state index in [0.29, 0.717) is 6.04 Å². The second kappa shape index (κ2) is 7.00. The normalized spacial score (nSPS) is 16.4. The maximum absolute atomic E-state index is 10.5. The van der Waals surface area contributed by atoms with Gasteiger partial charge in [-0.15, -0.1) is 0 Å². The predicted octanol–water partition coefficient (Wildman–Crippen LogP) is 1.61. The summed E-state index contributed by atoms with van der Waals surface area (Å²) in [5.41, 5.74) is 6.62. The maximum atomic E-state index is 10.5. The first-order valence-corrected chi connectivity index (χ1v) is 7.57. The predicted molar refractivity (Wildman–Crippen MR) is 73.6 cm³/mol. The highest BCUT2D eigenvalue weighted by atomic mass is 32.2. The van der Waals surface area contributed by atoms with Crippen molar-refractivity contribution < 1.29 is 17.7 Å². The first-order chi connectivity index (χ1) is 8.84. The molecule has 1 aliphatic rings. The van der Waals surface area contributed by atoms with Gasteiger partial charge in [0, 0.05) is 13.2 Å². The molecule has 1 saturated carbocycles. The van der Waals surface area contributed by atoms with Gasteiger partial charge in [-0.05, 0) is 37.8 Å². The summed E-state index contributed by atoms with van der Waals surface area (Å²) in [4.78, 5) is -0.0666. The van der Waals surface area contributed by atoms with Gasteiger partial charge in [0.15, 0.2) is 0 Å². The van der Waals surface area contributed by atoms with Crippen molar-refractivity contribution >= 4 is 10.1 Å². The molecule has 0 bridgehead atoms. The second-order valence-electron chi connectivity index (χ2n) is 4.74. The number of ether oxygens (including phenoxy) is 1. The van der Waals surface area contributed by atoms with Crippen LogP contribution in [0.5, 0.6) is 0 Å². The van der Waals surface area contributed by atoms with Gasteiger partial charge in [0.1, 0.15) is 0 Å². The minimum absolute atomic E-state index is 0.0666. The Kier molecular flexibility index (Phi) is 5.93. The summed E-state index contributed by atoms with van der Waals surface area (Å²) < 4.78 is 34.4. The zero-order chi connectivity index (χ0) is 14.5. The van der Waals surface area contributed by atoms with Crippen LogP contribution in [-0.2, 0) is 14.9 Å². The Bertz CT molecular complexity index is 480. The number of benzene rings is 1. The Morgan fingerprint density at radius 1 is 1.37 bits per heavy atom. The minimum Gasteiger partial charge on any atom is -0.383 e. The fourth-order valence-electron chi connectivity index (χ4n) is 1.56. The smallest absolute Gasteiger partial charge is 0.294 e. The molecule has 2 rings (SSSR count). The third-order valence-corrected chi connectivity index (χ3v) is 3.77. The number of methoxy groups -OCH3 is 1. The molecular formula is C13H21NO4S. The summed E-state index contributed by atoms with van der Waals surface area (Å²) in [7, 11) is -2.32. The summed E-state index contributed by atoms with van der Waals surface area (Å²) in [6.07, 6.45) is 2.62. The van der Waals surface area contributed by atoms with E-state index in [1.54, 1.807) is 19.2 Å². The average molecular weight is 287 g/mol. The van der Waals surface area contributed by atoms with Crippen molar-refractivity contribution in [2.75, 3.05) is 13.7 Å². The fourth-order valence-corrected chi connectivity index (χ4v) is 2.04. The van der Waals surface area contributed by atoms with Crippen LogP contribution in [0.4, 0.5) is 0 Å². The van der Waals surface area contributed by atoms with Gasteiger partial charge >= 0.3 is 0 Å². The van der Waals surface area contributed by atoms with Crippen LogP contribution < -0.4 is 5.73 Å². The van der Waals surface area contributed by atoms with Gasteiger partial charge in [-0.25, -0.2) is 0 Å². The molecule has 1 aromatic rings. The molecule has 19 heavy (non-hydrogen) atoms. The van der Waals surface area contributed by atoms with Gasteiger partial charge in [0.2, 0.25) is 0 Å². The van der Waals surface area contributed by atoms with E-state index in [1.807, 2.05) is 6.92 Å². The molecule has 0 radical (unpaired) electrons. The Morgan fingerprint density at radius 2 is 1.89 bits per heavy atom. The highest BCUT2D eigenvalue weighted by Crippen LogP contribution is 2.31. The Hall–Kier alpha value is -0.950. The maximum Gasteiger partial charge on any atom is 0.294 e. The molecular weight excluding hydrogens is 266 g/mol. The first kappa shape index (κ1) is 16.1. The van der Waals surface area contributed by atoms with Crippen molar-refractivity contribution in [2.45, 2.75) is 30.7 Å². The molecule has 1 aromatic carbocycles. The Labute approximate surface area is 114 Å². The minimum atomic E-state index is -4.02. The Morgan fingerprint density at radius 3 is 2.26 bits per heavy atom. The first-order valence-electron chi connectivity index (χ1n) is 6.13. The van der Waals surface area contributed by atoms with Crippen LogP contribution in [0.15, 0.2) is 29.2 Å². The highest BCUT2D eigenvalue weighted by molar-refractivity contribution is 7.85. The van der Waals surface area contributed by atoms with Crippen molar-refractivity contribution in [1.29, 1.82) is 0 Å². The van der Waals surface area contributed by atoms with E-state index < -0.39 is 10.1 Å². The number of aryl methyl sites for hydroxylation is 1. The molecule has 1 unspecified atom stereocenters. The van der Waals surface area contributed by atoms with Crippen molar-refractivity contribution in [3.05, 3.63) is 29.8 Å². The molecule has 0 spiro atoms. The largest absolute Gasteiger partial charge is 0.383 e. The van der Waals surface area contributed by atoms with Crippen LogP contribution >= 0.6 is 0 Å². The quantitative estimate of drug-likeness (QED) is 0.821. The lowest BCUT2D eigenvalue weighted by Gasteiger charge is -2.06. The number of hydrogen-bond acceptors (Lipinski definition) is 4. The number of nitrogens with two attached hydrogens (primary N) is 1. The van der Waals surface area contributed by atoms with E-state index in [1.165, 1.54) is 25.0 Å². The number of rotatable bonds is 4. The SMILES string of the molecule is COCC(N)C1CC1.Cc1ccc(S(=O)(=O)O)cc1. The van der Waals surface area contributed by atoms with Gasteiger partial charge < -0.3 is 10.5 Å². The molecule has 1 aliphatic carbocycles. The Balaban J connectivity index is 0.000000200. The summed E-state index contributed by atoms with van der Waals surface area (Å²) in [5, 5.41) is 0. The average Bonchev–Trinajstić information content (AvgIpc) is 3.13. The van der Waals surface area contributed by atoms with Gasteiger partial charge in [0.25, 0.3) is 10.1 Å². The summed E-state index contributed by atoms with van der Waals surface area (Å²) in [5.74, 6) is 0.773. The summed E-state index contributed by atoms with van der Waals surface area (Å²) in [6.45, 7) is 2.57. The monoisotopic (exact) mass is 287 g/mol.